The molecule has 24 heavy (non-hydrogen) atoms. The fraction of sp³-hybridized carbons (Fsp3) is 0.611. The topological polar surface area (TPSA) is 103 Å². The van der Waals surface area contributed by atoms with E-state index >= 15 is 0 Å². The summed E-state index contributed by atoms with van der Waals surface area (Å²) >= 11 is 0. The minimum absolute atomic E-state index is 0.0315. The fourth-order valence-electron chi connectivity index (χ4n) is 3.61. The number of aromatic nitrogens is 1. The van der Waals surface area contributed by atoms with Crippen molar-refractivity contribution in [3.05, 3.63) is 32.7 Å². The lowest BCUT2D eigenvalue weighted by Crippen LogP contribution is -2.51. The monoisotopic (exact) mass is 330 g/mol. The number of nitriles is 1. The standard InChI is InChI=1S/C18H26N4O2/c1-11-14(13(3)21-18(24)15(11)10-19)7-8-17(23)22-9-5-4-6-16(22)12(2)20/h12,16H,4-9,20H2,1-3H3,(H,21,24). The van der Waals surface area contributed by atoms with Gasteiger partial charge in [0.05, 0.1) is 0 Å². The molecule has 0 bridgehead atoms. The Morgan fingerprint density at radius 1 is 1.46 bits per heavy atom. The van der Waals surface area contributed by atoms with Crippen molar-refractivity contribution >= 4 is 5.91 Å². The number of aromatic amines is 1. The third kappa shape index (κ3) is 3.68. The van der Waals surface area contributed by atoms with Gasteiger partial charge in [-0.1, -0.05) is 0 Å². The van der Waals surface area contributed by atoms with Gasteiger partial charge in [-0.2, -0.15) is 5.26 Å². The Labute approximate surface area is 142 Å². The molecule has 130 valence electrons. The second kappa shape index (κ2) is 7.63. The molecule has 2 unspecified atom stereocenters. The first kappa shape index (κ1) is 18.2. The van der Waals surface area contributed by atoms with Crippen molar-refractivity contribution in [2.75, 3.05) is 6.54 Å². The maximum atomic E-state index is 12.7. The van der Waals surface area contributed by atoms with Crippen LogP contribution < -0.4 is 11.3 Å². The van der Waals surface area contributed by atoms with Gasteiger partial charge in [0, 0.05) is 30.7 Å². The second-order valence-corrected chi connectivity index (χ2v) is 6.68. The number of likely N-dealkylation sites (tertiary alicyclic amines) is 1. The minimum Gasteiger partial charge on any atom is -0.338 e. The number of carbonyl (C=O) groups excluding carboxylic acids is 1. The van der Waals surface area contributed by atoms with Crippen molar-refractivity contribution in [2.45, 2.75) is 65.0 Å². The highest BCUT2D eigenvalue weighted by atomic mass is 16.2. The zero-order valence-electron chi connectivity index (χ0n) is 14.7. The van der Waals surface area contributed by atoms with Crippen molar-refractivity contribution in [2.24, 2.45) is 5.73 Å². The molecular formula is C18H26N4O2. The normalized spacial score (nSPS) is 19.0. The molecule has 0 saturated carbocycles. The molecular weight excluding hydrogens is 304 g/mol. The third-order valence-corrected chi connectivity index (χ3v) is 4.99. The van der Waals surface area contributed by atoms with Gasteiger partial charge in [0.25, 0.3) is 5.56 Å². The lowest BCUT2D eigenvalue weighted by Gasteiger charge is -2.38. The van der Waals surface area contributed by atoms with Crippen LogP contribution in [0.3, 0.4) is 0 Å². The van der Waals surface area contributed by atoms with E-state index in [0.29, 0.717) is 18.4 Å². The summed E-state index contributed by atoms with van der Waals surface area (Å²) in [6, 6.07) is 2.03. The van der Waals surface area contributed by atoms with Gasteiger partial charge < -0.3 is 15.6 Å². The molecule has 2 atom stereocenters. The minimum atomic E-state index is -0.365. The molecule has 1 saturated heterocycles. The summed E-state index contributed by atoms with van der Waals surface area (Å²) in [5.74, 6) is 0.0977. The van der Waals surface area contributed by atoms with Gasteiger partial charge in [0.15, 0.2) is 0 Å². The van der Waals surface area contributed by atoms with Crippen molar-refractivity contribution in [1.82, 2.24) is 9.88 Å². The van der Waals surface area contributed by atoms with Crippen LogP contribution in [0.1, 0.15) is 55.0 Å². The summed E-state index contributed by atoms with van der Waals surface area (Å²) in [4.78, 5) is 29.1. The lowest BCUT2D eigenvalue weighted by molar-refractivity contribution is -0.135. The molecule has 3 N–H and O–H groups in total. The van der Waals surface area contributed by atoms with Crippen LogP contribution in [0.25, 0.3) is 0 Å². The summed E-state index contributed by atoms with van der Waals surface area (Å²) in [6.45, 7) is 6.29. The molecule has 2 rings (SSSR count). The average Bonchev–Trinajstić information content (AvgIpc) is 2.54. The number of aryl methyl sites for hydroxylation is 1. The maximum Gasteiger partial charge on any atom is 0.266 e. The number of pyridine rings is 1. The van der Waals surface area contributed by atoms with Crippen molar-refractivity contribution in [3.8, 4) is 6.07 Å². The smallest absolute Gasteiger partial charge is 0.266 e. The number of piperidine rings is 1. The van der Waals surface area contributed by atoms with Crippen LogP contribution in [0.2, 0.25) is 0 Å². The Kier molecular flexibility index (Phi) is 5.79. The molecule has 1 aliphatic heterocycles. The zero-order chi connectivity index (χ0) is 17.9. The SMILES string of the molecule is Cc1[nH]c(=O)c(C#N)c(C)c1CCC(=O)N1CCCCC1C(C)N. The van der Waals surface area contributed by atoms with E-state index in [1.54, 1.807) is 13.8 Å². The van der Waals surface area contributed by atoms with Crippen LogP contribution in [-0.4, -0.2) is 34.4 Å². The molecule has 2 heterocycles. The first-order valence-corrected chi connectivity index (χ1v) is 8.54. The van der Waals surface area contributed by atoms with Gasteiger partial charge in [0.2, 0.25) is 5.91 Å². The number of rotatable bonds is 4. The number of H-pyrrole nitrogens is 1. The van der Waals surface area contributed by atoms with Crippen LogP contribution in [-0.2, 0) is 11.2 Å². The van der Waals surface area contributed by atoms with Crippen LogP contribution in [0, 0.1) is 25.2 Å². The van der Waals surface area contributed by atoms with Crippen molar-refractivity contribution in [3.63, 3.8) is 0 Å². The molecule has 1 aromatic heterocycles. The highest BCUT2D eigenvalue weighted by Crippen LogP contribution is 2.21. The Bertz CT molecular complexity index is 715. The summed E-state index contributed by atoms with van der Waals surface area (Å²) in [5, 5.41) is 9.13. The number of hydrogen-bond donors (Lipinski definition) is 2. The molecule has 1 fully saturated rings. The molecule has 0 radical (unpaired) electrons. The van der Waals surface area contributed by atoms with Crippen molar-refractivity contribution in [1.29, 1.82) is 5.26 Å². The summed E-state index contributed by atoms with van der Waals surface area (Å²) in [7, 11) is 0. The number of hydrogen-bond acceptors (Lipinski definition) is 4. The van der Waals surface area contributed by atoms with Crippen LogP contribution in [0.5, 0.6) is 0 Å². The molecule has 6 heteroatoms. The number of carbonyl (C=O) groups is 1. The third-order valence-electron chi connectivity index (χ3n) is 4.99. The van der Waals surface area contributed by atoms with Gasteiger partial charge in [-0.15, -0.1) is 0 Å². The fourth-order valence-corrected chi connectivity index (χ4v) is 3.61. The predicted molar refractivity (Wildman–Crippen MR) is 92.6 cm³/mol. The van der Waals surface area contributed by atoms with E-state index in [2.05, 4.69) is 4.98 Å². The van der Waals surface area contributed by atoms with E-state index in [1.165, 1.54) is 0 Å². The predicted octanol–water partition coefficient (Wildman–Crippen LogP) is 1.52. The zero-order valence-corrected chi connectivity index (χ0v) is 14.7. The van der Waals surface area contributed by atoms with Gasteiger partial charge in [-0.25, -0.2) is 0 Å². The molecule has 0 aliphatic carbocycles. The van der Waals surface area contributed by atoms with E-state index in [-0.39, 0.29) is 29.1 Å². The van der Waals surface area contributed by atoms with Gasteiger partial charge in [0.1, 0.15) is 11.6 Å². The van der Waals surface area contributed by atoms with Crippen LogP contribution in [0.15, 0.2) is 4.79 Å². The van der Waals surface area contributed by atoms with Gasteiger partial charge in [-0.3, -0.25) is 9.59 Å². The van der Waals surface area contributed by atoms with Crippen molar-refractivity contribution < 1.29 is 4.79 Å². The Hall–Kier alpha value is -2.13. The highest BCUT2D eigenvalue weighted by molar-refractivity contribution is 5.77. The highest BCUT2D eigenvalue weighted by Gasteiger charge is 2.29. The summed E-state index contributed by atoms with van der Waals surface area (Å²) < 4.78 is 0. The maximum absolute atomic E-state index is 12.7. The quantitative estimate of drug-likeness (QED) is 0.873. The molecule has 6 nitrogen and oxygen atoms in total. The lowest BCUT2D eigenvalue weighted by atomic mass is 9.95. The molecule has 1 aliphatic rings. The number of nitrogens with one attached hydrogen (secondary N) is 1. The van der Waals surface area contributed by atoms with E-state index in [9.17, 15) is 9.59 Å². The molecule has 1 aromatic rings. The van der Waals surface area contributed by atoms with E-state index in [1.807, 2.05) is 17.9 Å². The Morgan fingerprint density at radius 3 is 2.79 bits per heavy atom. The number of amides is 1. The number of nitrogens with two attached hydrogens (primary N) is 1. The van der Waals surface area contributed by atoms with Gasteiger partial charge >= 0.3 is 0 Å². The van der Waals surface area contributed by atoms with E-state index in [0.717, 1.165) is 37.1 Å². The van der Waals surface area contributed by atoms with Gasteiger partial charge in [-0.05, 0) is 57.6 Å². The molecule has 0 aromatic carbocycles. The average molecular weight is 330 g/mol. The molecule has 1 amide bonds. The Morgan fingerprint density at radius 2 is 2.17 bits per heavy atom. The Balaban J connectivity index is 2.15. The molecule has 0 spiro atoms. The number of nitrogens with zero attached hydrogens (tertiary/aromatic N) is 2. The van der Waals surface area contributed by atoms with Crippen LogP contribution in [0.4, 0.5) is 0 Å². The van der Waals surface area contributed by atoms with E-state index < -0.39 is 0 Å². The summed E-state index contributed by atoms with van der Waals surface area (Å²) in [5.41, 5.74) is 8.09. The van der Waals surface area contributed by atoms with E-state index in [4.69, 9.17) is 11.0 Å². The van der Waals surface area contributed by atoms with Crippen LogP contribution >= 0.6 is 0 Å². The summed E-state index contributed by atoms with van der Waals surface area (Å²) in [6.07, 6.45) is 3.97. The first-order chi connectivity index (χ1) is 11.4. The largest absolute Gasteiger partial charge is 0.338 e. The first-order valence-electron chi connectivity index (χ1n) is 8.54. The second-order valence-electron chi connectivity index (χ2n) is 6.68.